The van der Waals surface area contributed by atoms with Gasteiger partial charge in [-0.2, -0.15) is 4.72 Å². The van der Waals surface area contributed by atoms with Crippen LogP contribution in [0.25, 0.3) is 0 Å². The van der Waals surface area contributed by atoms with Gasteiger partial charge in [0.15, 0.2) is 0 Å². The average molecular weight is 346 g/mol. The Balaban J connectivity index is 2.06. The fraction of sp³-hybridized carbons (Fsp3) is 0.125. The van der Waals surface area contributed by atoms with E-state index < -0.39 is 14.9 Å². The smallest absolute Gasteiger partial charge is 0.269 e. The molecule has 2 aromatic carbocycles. The maximum atomic E-state index is 12.1. The number of nitrogens with one attached hydrogen (secondary N) is 1. The minimum Gasteiger partial charge on any atom is -0.495 e. The lowest BCUT2D eigenvalue weighted by Crippen LogP contribution is -2.23. The number of rotatable bonds is 5. The van der Waals surface area contributed by atoms with Crippen molar-refractivity contribution in [3.63, 3.8) is 0 Å². The number of benzene rings is 2. The molecule has 0 heterocycles. The summed E-state index contributed by atoms with van der Waals surface area (Å²) in [5, 5.41) is 10.6. The third-order valence-corrected chi connectivity index (χ3v) is 4.46. The molecule has 0 aromatic heterocycles. The standard InChI is InChI=1S/C16H14N2O5S/c1-23-16-7-3-2-5-13(16)6-4-12-17-24(21,22)15-10-8-14(9-11-15)18(19)20/h2-3,5,7-11,17H,12H2,1H3. The number of para-hydroxylation sites is 1. The van der Waals surface area contributed by atoms with E-state index in [0.29, 0.717) is 11.3 Å². The molecule has 8 heteroatoms. The van der Waals surface area contributed by atoms with Crippen LogP contribution in [0.2, 0.25) is 0 Å². The summed E-state index contributed by atoms with van der Waals surface area (Å²) < 4.78 is 31.6. The lowest BCUT2D eigenvalue weighted by Gasteiger charge is -2.03. The highest BCUT2D eigenvalue weighted by atomic mass is 32.2. The van der Waals surface area contributed by atoms with Crippen molar-refractivity contribution in [2.24, 2.45) is 0 Å². The van der Waals surface area contributed by atoms with E-state index in [-0.39, 0.29) is 17.1 Å². The SMILES string of the molecule is COc1ccccc1C#CCNS(=O)(=O)c1ccc([N+](=O)[O-])cc1. The van der Waals surface area contributed by atoms with Gasteiger partial charge in [0.05, 0.1) is 29.0 Å². The Kier molecular flexibility index (Phi) is 5.52. The van der Waals surface area contributed by atoms with Crippen molar-refractivity contribution < 1.29 is 18.1 Å². The van der Waals surface area contributed by atoms with Gasteiger partial charge in [0.25, 0.3) is 5.69 Å². The van der Waals surface area contributed by atoms with Gasteiger partial charge in [0.2, 0.25) is 10.0 Å². The highest BCUT2D eigenvalue weighted by Gasteiger charge is 2.14. The summed E-state index contributed by atoms with van der Waals surface area (Å²) in [6, 6.07) is 11.7. The van der Waals surface area contributed by atoms with Gasteiger partial charge < -0.3 is 4.74 Å². The van der Waals surface area contributed by atoms with Crippen molar-refractivity contribution in [3.8, 4) is 17.6 Å². The Bertz CT molecular complexity index is 896. The molecule has 0 atom stereocenters. The van der Waals surface area contributed by atoms with Crippen LogP contribution in [0.5, 0.6) is 5.75 Å². The number of ether oxygens (including phenoxy) is 1. The van der Waals surface area contributed by atoms with Crippen LogP contribution < -0.4 is 9.46 Å². The molecule has 0 aliphatic carbocycles. The third kappa shape index (κ3) is 4.32. The summed E-state index contributed by atoms with van der Waals surface area (Å²) in [6.07, 6.45) is 0. The molecule has 2 rings (SSSR count). The van der Waals surface area contributed by atoms with E-state index in [1.807, 2.05) is 0 Å². The second kappa shape index (κ2) is 7.59. The molecule has 7 nitrogen and oxygen atoms in total. The van der Waals surface area contributed by atoms with Gasteiger partial charge >= 0.3 is 0 Å². The van der Waals surface area contributed by atoms with Crippen molar-refractivity contribution in [1.29, 1.82) is 0 Å². The number of sulfonamides is 1. The second-order valence-electron chi connectivity index (χ2n) is 4.58. The number of nitro groups is 1. The zero-order valence-corrected chi connectivity index (χ0v) is 13.5. The molecule has 0 bridgehead atoms. The zero-order valence-electron chi connectivity index (χ0n) is 12.7. The van der Waals surface area contributed by atoms with Gasteiger partial charge in [0, 0.05) is 12.1 Å². The molecule has 0 saturated heterocycles. The third-order valence-electron chi connectivity index (χ3n) is 3.04. The van der Waals surface area contributed by atoms with Gasteiger partial charge in [-0.3, -0.25) is 10.1 Å². The van der Waals surface area contributed by atoms with E-state index in [9.17, 15) is 18.5 Å². The number of methoxy groups -OCH3 is 1. The Hall–Kier alpha value is -2.89. The van der Waals surface area contributed by atoms with Crippen molar-refractivity contribution >= 4 is 15.7 Å². The first kappa shape index (κ1) is 17.5. The minimum atomic E-state index is -3.78. The molecule has 24 heavy (non-hydrogen) atoms. The van der Waals surface area contributed by atoms with Crippen molar-refractivity contribution in [1.82, 2.24) is 4.72 Å². The van der Waals surface area contributed by atoms with Gasteiger partial charge in [-0.1, -0.05) is 24.0 Å². The lowest BCUT2D eigenvalue weighted by atomic mass is 10.2. The molecule has 0 fully saturated rings. The molecular weight excluding hydrogens is 332 g/mol. The molecule has 0 amide bonds. The monoisotopic (exact) mass is 346 g/mol. The normalized spacial score (nSPS) is 10.5. The molecule has 0 aliphatic heterocycles. The largest absolute Gasteiger partial charge is 0.495 e. The highest BCUT2D eigenvalue weighted by molar-refractivity contribution is 7.89. The Morgan fingerprint density at radius 1 is 1.17 bits per heavy atom. The maximum Gasteiger partial charge on any atom is 0.269 e. The summed E-state index contributed by atoms with van der Waals surface area (Å²) in [4.78, 5) is 9.91. The van der Waals surface area contributed by atoms with Crippen LogP contribution in [0, 0.1) is 22.0 Å². The fourth-order valence-electron chi connectivity index (χ4n) is 1.85. The van der Waals surface area contributed by atoms with Crippen molar-refractivity contribution in [2.45, 2.75) is 4.90 Å². The molecule has 0 radical (unpaired) electrons. The van der Waals surface area contributed by atoms with Crippen LogP contribution in [0.15, 0.2) is 53.4 Å². The molecule has 124 valence electrons. The van der Waals surface area contributed by atoms with Crippen LogP contribution in [-0.2, 0) is 10.0 Å². The molecule has 0 aliphatic rings. The average Bonchev–Trinajstić information content (AvgIpc) is 2.59. The summed E-state index contributed by atoms with van der Waals surface area (Å²) in [5.41, 5.74) is 0.472. The Morgan fingerprint density at radius 3 is 2.46 bits per heavy atom. The number of hydrogen-bond donors (Lipinski definition) is 1. The van der Waals surface area contributed by atoms with Crippen molar-refractivity contribution in [2.75, 3.05) is 13.7 Å². The summed E-state index contributed by atoms with van der Waals surface area (Å²) in [7, 11) is -2.25. The minimum absolute atomic E-state index is 0.0628. The number of nitro benzene ring substituents is 1. The van der Waals surface area contributed by atoms with E-state index in [2.05, 4.69) is 16.6 Å². The molecule has 0 spiro atoms. The zero-order chi connectivity index (χ0) is 17.6. The van der Waals surface area contributed by atoms with Crippen LogP contribution in [0.4, 0.5) is 5.69 Å². The molecule has 0 unspecified atom stereocenters. The van der Waals surface area contributed by atoms with Gasteiger partial charge in [0.1, 0.15) is 5.75 Å². The fourth-order valence-corrected chi connectivity index (χ4v) is 2.77. The molecule has 0 saturated carbocycles. The van der Waals surface area contributed by atoms with Gasteiger partial charge in [-0.15, -0.1) is 0 Å². The maximum absolute atomic E-state index is 12.1. The molecule has 2 aromatic rings. The van der Waals surface area contributed by atoms with Crippen LogP contribution in [-0.4, -0.2) is 27.0 Å². The summed E-state index contributed by atoms with van der Waals surface area (Å²) in [5.74, 6) is 6.12. The van der Waals surface area contributed by atoms with Crippen LogP contribution >= 0.6 is 0 Å². The topological polar surface area (TPSA) is 98.5 Å². The Morgan fingerprint density at radius 2 is 1.83 bits per heavy atom. The van der Waals surface area contributed by atoms with Crippen LogP contribution in [0.3, 0.4) is 0 Å². The molecular formula is C16H14N2O5S. The van der Waals surface area contributed by atoms with Crippen LogP contribution in [0.1, 0.15) is 5.56 Å². The van der Waals surface area contributed by atoms with E-state index >= 15 is 0 Å². The van der Waals surface area contributed by atoms with E-state index in [1.54, 1.807) is 24.3 Å². The summed E-state index contributed by atoms with van der Waals surface area (Å²) in [6.45, 7) is -0.0998. The number of non-ortho nitro benzene ring substituents is 1. The number of hydrogen-bond acceptors (Lipinski definition) is 5. The lowest BCUT2D eigenvalue weighted by molar-refractivity contribution is -0.384. The van der Waals surface area contributed by atoms with E-state index in [4.69, 9.17) is 4.74 Å². The highest BCUT2D eigenvalue weighted by Crippen LogP contribution is 2.16. The number of nitrogens with zero attached hydrogens (tertiary/aromatic N) is 1. The second-order valence-corrected chi connectivity index (χ2v) is 6.34. The van der Waals surface area contributed by atoms with Crippen molar-refractivity contribution in [3.05, 3.63) is 64.2 Å². The predicted octanol–water partition coefficient (Wildman–Crippen LogP) is 1.93. The first-order valence-electron chi connectivity index (χ1n) is 6.80. The van der Waals surface area contributed by atoms with Gasteiger partial charge in [-0.25, -0.2) is 8.42 Å². The predicted molar refractivity (Wildman–Crippen MR) is 88.2 cm³/mol. The Labute approximate surface area is 139 Å². The first-order valence-corrected chi connectivity index (χ1v) is 8.28. The van der Waals surface area contributed by atoms with E-state index in [1.165, 1.54) is 19.2 Å². The first-order chi connectivity index (χ1) is 11.4. The molecule has 1 N–H and O–H groups in total. The van der Waals surface area contributed by atoms with Gasteiger partial charge in [-0.05, 0) is 24.3 Å². The quantitative estimate of drug-likeness (QED) is 0.507. The van der Waals surface area contributed by atoms with E-state index in [0.717, 1.165) is 12.1 Å². The summed E-state index contributed by atoms with van der Waals surface area (Å²) >= 11 is 0.